The highest BCUT2D eigenvalue weighted by Gasteiger charge is 2.18. The lowest BCUT2D eigenvalue weighted by Crippen LogP contribution is -2.25. The summed E-state index contributed by atoms with van der Waals surface area (Å²) in [7, 11) is 0. The topological polar surface area (TPSA) is 50.2 Å². The summed E-state index contributed by atoms with van der Waals surface area (Å²) >= 11 is 6.85. The molecule has 1 aromatic heterocycles. The van der Waals surface area contributed by atoms with E-state index in [-0.39, 0.29) is 5.91 Å². The molecule has 1 fully saturated rings. The summed E-state index contributed by atoms with van der Waals surface area (Å²) in [5, 5.41) is 7.59. The molecule has 0 atom stereocenters. The molecule has 1 aromatic carbocycles. The Morgan fingerprint density at radius 1 is 1.19 bits per heavy atom. The first-order chi connectivity index (χ1) is 12.5. The van der Waals surface area contributed by atoms with E-state index in [9.17, 15) is 4.79 Å². The number of anilines is 1. The van der Waals surface area contributed by atoms with E-state index in [1.54, 1.807) is 0 Å². The lowest BCUT2D eigenvalue weighted by molar-refractivity contribution is -0.113. The number of carbonyl (C=O) groups is 1. The summed E-state index contributed by atoms with van der Waals surface area (Å²) in [5.74, 6) is 0.274. The van der Waals surface area contributed by atoms with Gasteiger partial charge < -0.3 is 10.2 Å². The second-order valence-electron chi connectivity index (χ2n) is 6.59. The van der Waals surface area contributed by atoms with E-state index in [1.807, 2.05) is 30.7 Å². The van der Waals surface area contributed by atoms with Crippen molar-refractivity contribution in [2.24, 2.45) is 0 Å². The maximum atomic E-state index is 12.4. The molecule has 0 aliphatic carbocycles. The Balaban J connectivity index is 1.65. The summed E-state index contributed by atoms with van der Waals surface area (Å²) in [4.78, 5) is 14.6. The highest BCUT2D eigenvalue weighted by Crippen LogP contribution is 2.24. The summed E-state index contributed by atoms with van der Waals surface area (Å²) < 4.78 is 2.69. The monoisotopic (exact) mass is 388 g/mol. The Labute approximate surface area is 164 Å². The molecule has 3 rings (SSSR count). The van der Waals surface area contributed by atoms with Crippen molar-refractivity contribution in [2.75, 3.05) is 24.2 Å². The van der Waals surface area contributed by atoms with Gasteiger partial charge in [-0.1, -0.05) is 41.7 Å². The van der Waals surface area contributed by atoms with Crippen LogP contribution in [0.15, 0.2) is 24.3 Å². The third-order valence-electron chi connectivity index (χ3n) is 4.53. The fourth-order valence-electron chi connectivity index (χ4n) is 3.05. The molecule has 1 amide bonds. The molecule has 0 radical (unpaired) electrons. The Bertz CT molecular complexity index is 808. The van der Waals surface area contributed by atoms with Crippen LogP contribution in [-0.2, 0) is 4.79 Å². The molecular weight excluding hydrogens is 364 g/mol. The Morgan fingerprint density at radius 2 is 1.85 bits per heavy atom. The minimum atomic E-state index is -0.0498. The van der Waals surface area contributed by atoms with Crippen LogP contribution in [0.1, 0.15) is 29.8 Å². The lowest BCUT2D eigenvalue weighted by atomic mass is 10.2. The highest BCUT2D eigenvalue weighted by molar-refractivity contribution is 8.23. The van der Waals surface area contributed by atoms with Crippen LogP contribution in [0.5, 0.6) is 0 Å². The van der Waals surface area contributed by atoms with E-state index in [2.05, 4.69) is 34.4 Å². The van der Waals surface area contributed by atoms with Crippen LogP contribution in [0.2, 0.25) is 0 Å². The zero-order valence-corrected chi connectivity index (χ0v) is 17.0. The molecule has 138 valence electrons. The molecule has 0 bridgehead atoms. The van der Waals surface area contributed by atoms with Crippen molar-refractivity contribution < 1.29 is 4.79 Å². The Hall–Kier alpha value is -1.86. The number of thioether (sulfide) groups is 1. The van der Waals surface area contributed by atoms with Crippen LogP contribution >= 0.6 is 24.0 Å². The average molecular weight is 389 g/mol. The molecule has 5 nitrogen and oxygen atoms in total. The van der Waals surface area contributed by atoms with Crippen molar-refractivity contribution >= 4 is 39.9 Å². The van der Waals surface area contributed by atoms with Crippen LogP contribution in [0.3, 0.4) is 0 Å². The van der Waals surface area contributed by atoms with Gasteiger partial charge in [0.25, 0.3) is 0 Å². The van der Waals surface area contributed by atoms with Gasteiger partial charge in [-0.05, 0) is 45.7 Å². The van der Waals surface area contributed by atoms with Gasteiger partial charge in [0.1, 0.15) is 4.32 Å². The number of amides is 1. The van der Waals surface area contributed by atoms with Crippen molar-refractivity contribution in [1.82, 2.24) is 14.7 Å². The van der Waals surface area contributed by atoms with Crippen molar-refractivity contribution in [3.8, 4) is 5.69 Å². The van der Waals surface area contributed by atoms with E-state index in [4.69, 9.17) is 12.2 Å². The fourth-order valence-corrected chi connectivity index (χ4v) is 4.11. The maximum Gasteiger partial charge on any atom is 0.234 e. The Kier molecular flexibility index (Phi) is 5.98. The predicted molar refractivity (Wildman–Crippen MR) is 112 cm³/mol. The van der Waals surface area contributed by atoms with Gasteiger partial charge in [-0.2, -0.15) is 5.10 Å². The number of benzene rings is 1. The minimum Gasteiger partial charge on any atom is -0.358 e. The average Bonchev–Trinajstić information content (AvgIpc) is 3.25. The quantitative estimate of drug-likeness (QED) is 0.806. The van der Waals surface area contributed by atoms with Gasteiger partial charge in [0.2, 0.25) is 5.91 Å². The minimum absolute atomic E-state index is 0.0498. The number of nitrogens with zero attached hydrogens (tertiary/aromatic N) is 3. The van der Waals surface area contributed by atoms with Gasteiger partial charge in [0.15, 0.2) is 0 Å². The number of hydrogen-bond acceptors (Lipinski definition) is 4. The van der Waals surface area contributed by atoms with Gasteiger partial charge in [-0.25, -0.2) is 4.68 Å². The number of rotatable bonds is 4. The van der Waals surface area contributed by atoms with E-state index in [0.29, 0.717) is 5.75 Å². The molecule has 1 N–H and O–H groups in total. The zero-order valence-electron chi connectivity index (χ0n) is 15.4. The second kappa shape index (κ2) is 8.22. The summed E-state index contributed by atoms with van der Waals surface area (Å²) in [6.45, 7) is 7.96. The molecule has 2 heterocycles. The number of aromatic nitrogens is 2. The normalized spacial score (nSPS) is 13.9. The smallest absolute Gasteiger partial charge is 0.234 e. The van der Waals surface area contributed by atoms with Gasteiger partial charge in [-0.3, -0.25) is 4.79 Å². The number of aryl methyl sites for hydroxylation is 2. The van der Waals surface area contributed by atoms with Crippen molar-refractivity contribution in [3.63, 3.8) is 0 Å². The summed E-state index contributed by atoms with van der Waals surface area (Å²) in [5.41, 5.74) is 4.70. The first kappa shape index (κ1) is 18.9. The first-order valence-electron chi connectivity index (χ1n) is 8.80. The number of carbonyl (C=O) groups excluding carboxylic acids is 1. The molecule has 26 heavy (non-hydrogen) atoms. The third kappa shape index (κ3) is 4.27. The molecule has 0 saturated carbocycles. The molecule has 7 heteroatoms. The number of thiocarbonyl (C=S) groups is 1. The van der Waals surface area contributed by atoms with Crippen LogP contribution < -0.4 is 5.32 Å². The predicted octanol–water partition coefficient (Wildman–Crippen LogP) is 3.85. The fraction of sp³-hybridized carbons (Fsp3) is 0.421. The Morgan fingerprint density at radius 3 is 2.50 bits per heavy atom. The maximum absolute atomic E-state index is 12.4. The largest absolute Gasteiger partial charge is 0.358 e. The van der Waals surface area contributed by atoms with E-state index < -0.39 is 0 Å². The van der Waals surface area contributed by atoms with E-state index in [1.165, 1.54) is 30.2 Å². The summed E-state index contributed by atoms with van der Waals surface area (Å²) in [6.07, 6.45) is 2.37. The highest BCUT2D eigenvalue weighted by atomic mass is 32.2. The summed E-state index contributed by atoms with van der Waals surface area (Å²) in [6, 6.07) is 8.18. The van der Waals surface area contributed by atoms with E-state index in [0.717, 1.165) is 40.2 Å². The van der Waals surface area contributed by atoms with Crippen molar-refractivity contribution in [1.29, 1.82) is 0 Å². The van der Waals surface area contributed by atoms with Crippen LogP contribution in [0, 0.1) is 20.8 Å². The van der Waals surface area contributed by atoms with Gasteiger partial charge in [0, 0.05) is 13.1 Å². The number of hydrogen-bond donors (Lipinski definition) is 1. The van der Waals surface area contributed by atoms with Crippen molar-refractivity contribution in [2.45, 2.75) is 33.6 Å². The molecule has 0 unspecified atom stereocenters. The molecule has 0 spiro atoms. The van der Waals surface area contributed by atoms with Gasteiger partial charge in [0.05, 0.1) is 28.5 Å². The first-order valence-corrected chi connectivity index (χ1v) is 10.2. The third-order valence-corrected chi connectivity index (χ3v) is 6.05. The van der Waals surface area contributed by atoms with Crippen LogP contribution in [0.4, 0.5) is 5.69 Å². The van der Waals surface area contributed by atoms with Crippen LogP contribution in [-0.4, -0.2) is 43.8 Å². The van der Waals surface area contributed by atoms with Gasteiger partial charge in [-0.15, -0.1) is 0 Å². The zero-order chi connectivity index (χ0) is 18.7. The molecular formula is C19H24N4OS2. The number of nitrogens with one attached hydrogen (secondary N) is 1. The molecule has 2 aromatic rings. The molecule has 1 aliphatic heterocycles. The van der Waals surface area contributed by atoms with E-state index >= 15 is 0 Å². The van der Waals surface area contributed by atoms with Gasteiger partial charge >= 0.3 is 0 Å². The SMILES string of the molecule is Cc1ccc(-n2nc(C)c(NC(=O)CSC(=S)N3CCCC3)c2C)cc1. The standard InChI is InChI=1S/C19H24N4OS2/c1-13-6-8-16(9-7-13)23-15(3)18(14(2)21-23)20-17(24)12-26-19(25)22-10-4-5-11-22/h6-9H,4-5,10-12H2,1-3H3,(H,20,24). The number of likely N-dealkylation sites (tertiary alicyclic amines) is 1. The molecule has 1 aliphatic rings. The van der Waals surface area contributed by atoms with Crippen molar-refractivity contribution in [3.05, 3.63) is 41.2 Å². The second-order valence-corrected chi connectivity index (χ2v) is 8.20. The van der Waals surface area contributed by atoms with Crippen LogP contribution in [0.25, 0.3) is 5.69 Å². The molecule has 1 saturated heterocycles. The lowest BCUT2D eigenvalue weighted by Gasteiger charge is -2.17.